The van der Waals surface area contributed by atoms with Crippen molar-refractivity contribution in [1.82, 2.24) is 5.32 Å². The normalized spacial score (nSPS) is 12.2. The average molecular weight is 432 g/mol. The van der Waals surface area contributed by atoms with Gasteiger partial charge in [-0.05, 0) is 75.0 Å². The molecule has 3 nitrogen and oxygen atoms in total. The Morgan fingerprint density at radius 2 is 1.45 bits per heavy atom. The minimum absolute atomic E-state index is 0.195. The molecule has 1 unspecified atom stereocenters. The maximum Gasteiger partial charge on any atom is 0.335 e. The Kier molecular flexibility index (Phi) is 5.64. The number of hydrogen-bond donors (Lipinski definition) is 2. The van der Waals surface area contributed by atoms with Gasteiger partial charge >= 0.3 is 5.97 Å². The lowest BCUT2D eigenvalue weighted by atomic mass is 9.94. The molecule has 0 radical (unpaired) electrons. The maximum absolute atomic E-state index is 11.3. The monoisotopic (exact) mass is 431 g/mol. The van der Waals surface area contributed by atoms with Crippen LogP contribution in [-0.4, -0.2) is 11.1 Å². The van der Waals surface area contributed by atoms with Crippen LogP contribution in [0.25, 0.3) is 32.7 Å². The van der Waals surface area contributed by atoms with E-state index in [0.29, 0.717) is 5.56 Å². The molecule has 33 heavy (non-hydrogen) atoms. The molecule has 0 spiro atoms. The molecule has 0 saturated carbocycles. The molecule has 0 amide bonds. The van der Waals surface area contributed by atoms with Gasteiger partial charge in [-0.25, -0.2) is 4.79 Å². The third-order valence-electron chi connectivity index (χ3n) is 6.27. The zero-order valence-corrected chi connectivity index (χ0v) is 18.5. The first kappa shape index (κ1) is 20.9. The van der Waals surface area contributed by atoms with E-state index in [-0.39, 0.29) is 6.04 Å². The van der Waals surface area contributed by atoms with Crippen LogP contribution in [0.4, 0.5) is 0 Å². The van der Waals surface area contributed by atoms with Crippen molar-refractivity contribution in [1.29, 1.82) is 0 Å². The van der Waals surface area contributed by atoms with Crippen LogP contribution in [0.2, 0.25) is 0 Å². The van der Waals surface area contributed by atoms with Gasteiger partial charge in [0.2, 0.25) is 0 Å². The first-order valence-corrected chi connectivity index (χ1v) is 11.2. The van der Waals surface area contributed by atoms with Gasteiger partial charge in [-0.2, -0.15) is 0 Å². The van der Waals surface area contributed by atoms with Crippen molar-refractivity contribution in [2.45, 2.75) is 19.5 Å². The molecule has 0 aliphatic heterocycles. The second kappa shape index (κ2) is 8.89. The maximum atomic E-state index is 11.3. The highest BCUT2D eigenvalue weighted by Gasteiger charge is 2.11. The lowest BCUT2D eigenvalue weighted by Crippen LogP contribution is -2.18. The van der Waals surface area contributed by atoms with E-state index in [1.54, 1.807) is 12.1 Å². The number of rotatable bonds is 6. The summed E-state index contributed by atoms with van der Waals surface area (Å²) in [6.45, 7) is 2.93. The van der Waals surface area contributed by atoms with Gasteiger partial charge in [0, 0.05) is 12.6 Å². The largest absolute Gasteiger partial charge is 0.478 e. The minimum Gasteiger partial charge on any atom is -0.478 e. The fourth-order valence-corrected chi connectivity index (χ4v) is 4.51. The van der Waals surface area contributed by atoms with Gasteiger partial charge in [0.1, 0.15) is 0 Å². The molecule has 0 aliphatic carbocycles. The van der Waals surface area contributed by atoms with Gasteiger partial charge in [-0.3, -0.25) is 0 Å². The second-order valence-corrected chi connectivity index (χ2v) is 8.42. The minimum atomic E-state index is -0.910. The third-order valence-corrected chi connectivity index (χ3v) is 6.27. The summed E-state index contributed by atoms with van der Waals surface area (Å²) in [5.74, 6) is -0.910. The summed E-state index contributed by atoms with van der Waals surface area (Å²) in [5, 5.41) is 17.8. The summed E-state index contributed by atoms with van der Waals surface area (Å²) >= 11 is 0. The van der Waals surface area contributed by atoms with E-state index >= 15 is 0 Å². The number of nitrogens with one attached hydrogen (secondary N) is 1. The van der Waals surface area contributed by atoms with E-state index < -0.39 is 5.97 Å². The fraction of sp³-hybridized carbons (Fsp3) is 0.100. The molecule has 3 heteroatoms. The highest BCUT2D eigenvalue weighted by molar-refractivity contribution is 5.98. The molecule has 5 aromatic rings. The number of benzene rings is 5. The molecule has 5 rings (SSSR count). The highest BCUT2D eigenvalue weighted by atomic mass is 16.4. The summed E-state index contributed by atoms with van der Waals surface area (Å²) in [6, 6.07) is 35.0. The average Bonchev–Trinajstić information content (AvgIpc) is 2.86. The van der Waals surface area contributed by atoms with E-state index in [4.69, 9.17) is 0 Å². The molecule has 0 heterocycles. The molecule has 5 aromatic carbocycles. The molecular formula is C30H25NO2. The SMILES string of the molecule is CC(NCc1cc(-c2ccc(C(=O)O)cc2)c2ccccc2c1)c1cccc2ccccc12. The molecule has 0 fully saturated rings. The van der Waals surface area contributed by atoms with Crippen LogP contribution in [0.5, 0.6) is 0 Å². The number of carboxylic acid groups (broad SMARTS) is 1. The molecule has 162 valence electrons. The fourth-order valence-electron chi connectivity index (χ4n) is 4.51. The van der Waals surface area contributed by atoms with E-state index in [0.717, 1.165) is 23.1 Å². The van der Waals surface area contributed by atoms with Crippen LogP contribution in [0, 0.1) is 0 Å². The molecule has 0 bridgehead atoms. The van der Waals surface area contributed by atoms with Crippen molar-refractivity contribution in [3.63, 3.8) is 0 Å². The Balaban J connectivity index is 1.47. The van der Waals surface area contributed by atoms with E-state index in [1.165, 1.54) is 27.3 Å². The molecule has 2 N–H and O–H groups in total. The molecule has 0 aromatic heterocycles. The first-order chi connectivity index (χ1) is 16.1. The van der Waals surface area contributed by atoms with Gasteiger partial charge in [0.15, 0.2) is 0 Å². The summed E-state index contributed by atoms with van der Waals surface area (Å²) in [4.78, 5) is 11.3. The predicted molar refractivity (Wildman–Crippen MR) is 136 cm³/mol. The molecular weight excluding hydrogens is 406 g/mol. The zero-order valence-electron chi connectivity index (χ0n) is 18.5. The van der Waals surface area contributed by atoms with Crippen molar-refractivity contribution >= 4 is 27.5 Å². The summed E-state index contributed by atoms with van der Waals surface area (Å²) in [7, 11) is 0. The lowest BCUT2D eigenvalue weighted by Gasteiger charge is -2.18. The third kappa shape index (κ3) is 4.23. The van der Waals surface area contributed by atoms with E-state index in [2.05, 4.69) is 85.0 Å². The van der Waals surface area contributed by atoms with Gasteiger partial charge < -0.3 is 10.4 Å². The van der Waals surface area contributed by atoms with Crippen molar-refractivity contribution in [2.24, 2.45) is 0 Å². The quantitative estimate of drug-likeness (QED) is 0.299. The Hall–Kier alpha value is -3.95. The number of hydrogen-bond acceptors (Lipinski definition) is 2. The van der Waals surface area contributed by atoms with Crippen LogP contribution < -0.4 is 5.32 Å². The van der Waals surface area contributed by atoms with Crippen molar-refractivity contribution in [3.05, 3.63) is 120 Å². The van der Waals surface area contributed by atoms with E-state index in [9.17, 15) is 9.90 Å². The van der Waals surface area contributed by atoms with Gasteiger partial charge in [-0.15, -0.1) is 0 Å². The lowest BCUT2D eigenvalue weighted by molar-refractivity contribution is 0.0697. The summed E-state index contributed by atoms with van der Waals surface area (Å²) < 4.78 is 0. The Morgan fingerprint density at radius 3 is 2.21 bits per heavy atom. The molecule has 1 atom stereocenters. The van der Waals surface area contributed by atoms with Crippen molar-refractivity contribution in [2.75, 3.05) is 0 Å². The molecule has 0 aliphatic rings. The van der Waals surface area contributed by atoms with Crippen LogP contribution in [0.3, 0.4) is 0 Å². The Labute approximate surface area is 193 Å². The first-order valence-electron chi connectivity index (χ1n) is 11.2. The van der Waals surface area contributed by atoms with Crippen LogP contribution >= 0.6 is 0 Å². The summed E-state index contributed by atoms with van der Waals surface area (Å²) in [5.41, 5.74) is 4.90. The van der Waals surface area contributed by atoms with Crippen LogP contribution in [-0.2, 0) is 6.54 Å². The smallest absolute Gasteiger partial charge is 0.335 e. The molecule has 0 saturated heterocycles. The summed E-state index contributed by atoms with van der Waals surface area (Å²) in [6.07, 6.45) is 0. The predicted octanol–water partition coefficient (Wildman–Crippen LogP) is 7.21. The number of fused-ring (bicyclic) bond motifs is 2. The van der Waals surface area contributed by atoms with Crippen molar-refractivity contribution in [3.8, 4) is 11.1 Å². The number of carboxylic acids is 1. The number of carbonyl (C=O) groups is 1. The topological polar surface area (TPSA) is 49.3 Å². The van der Waals surface area contributed by atoms with Gasteiger partial charge in [-0.1, -0.05) is 78.9 Å². The zero-order chi connectivity index (χ0) is 22.8. The standard InChI is InChI=1S/C30H25NO2/c1-20(26-12-6-9-22-7-2-4-10-27(22)26)31-19-21-17-25-8-3-5-11-28(25)29(18-21)23-13-15-24(16-14-23)30(32)33/h2-18,20,31H,19H2,1H3,(H,32,33). The number of aromatic carboxylic acids is 1. The van der Waals surface area contributed by atoms with E-state index in [1.807, 2.05) is 18.2 Å². The highest BCUT2D eigenvalue weighted by Crippen LogP contribution is 2.31. The van der Waals surface area contributed by atoms with Crippen LogP contribution in [0.15, 0.2) is 103 Å². The van der Waals surface area contributed by atoms with Gasteiger partial charge in [0.05, 0.1) is 5.56 Å². The second-order valence-electron chi connectivity index (χ2n) is 8.42. The Morgan fingerprint density at radius 1 is 0.788 bits per heavy atom. The van der Waals surface area contributed by atoms with Crippen LogP contribution in [0.1, 0.15) is 34.5 Å². The Bertz CT molecular complexity index is 1450. The van der Waals surface area contributed by atoms with Gasteiger partial charge in [0.25, 0.3) is 0 Å². The van der Waals surface area contributed by atoms with Crippen molar-refractivity contribution < 1.29 is 9.90 Å².